The first kappa shape index (κ1) is 27.8. The summed E-state index contributed by atoms with van der Waals surface area (Å²) in [5.41, 5.74) is -0.936. The van der Waals surface area contributed by atoms with E-state index in [0.29, 0.717) is 10.6 Å². The molecule has 0 bridgehead atoms. The Morgan fingerprint density at radius 2 is 1.94 bits per heavy atom. The lowest BCUT2D eigenvalue weighted by Gasteiger charge is -2.08. The van der Waals surface area contributed by atoms with Crippen molar-refractivity contribution in [1.82, 2.24) is 15.6 Å². The lowest BCUT2D eigenvalue weighted by atomic mass is 10.2. The normalized spacial score (nSPS) is 13.8. The number of nitrogens with one attached hydrogen (secondary N) is 2. The molecular formula is C23H26ClF3N4O2. The van der Waals surface area contributed by atoms with Gasteiger partial charge in [-0.25, -0.2) is 4.98 Å². The summed E-state index contributed by atoms with van der Waals surface area (Å²) in [6.07, 6.45) is 4.24. The third-order valence-electron chi connectivity index (χ3n) is 3.96. The summed E-state index contributed by atoms with van der Waals surface area (Å²) in [5.74, 6) is -0.859. The van der Waals surface area contributed by atoms with Gasteiger partial charge in [0.1, 0.15) is 5.69 Å². The molecule has 33 heavy (non-hydrogen) atoms. The fourth-order valence-electron chi connectivity index (χ4n) is 2.22. The van der Waals surface area contributed by atoms with E-state index in [2.05, 4.69) is 20.6 Å². The number of allylic oxidation sites excluding steroid dienone is 5. The first-order chi connectivity index (χ1) is 15.5. The van der Waals surface area contributed by atoms with Crippen LogP contribution in [-0.2, 0) is 15.8 Å². The van der Waals surface area contributed by atoms with E-state index in [9.17, 15) is 22.8 Å². The number of pyridine rings is 1. The van der Waals surface area contributed by atoms with Crippen LogP contribution in [0, 0.1) is 5.92 Å². The van der Waals surface area contributed by atoms with Gasteiger partial charge in [-0.15, -0.1) is 0 Å². The van der Waals surface area contributed by atoms with Crippen molar-refractivity contribution >= 4 is 35.3 Å². The number of rotatable bonds is 9. The van der Waals surface area contributed by atoms with Gasteiger partial charge in [0, 0.05) is 42.4 Å². The molecule has 0 saturated heterocycles. The Morgan fingerprint density at radius 1 is 1.24 bits per heavy atom. The maximum atomic E-state index is 13.1. The largest absolute Gasteiger partial charge is 0.433 e. The van der Waals surface area contributed by atoms with Gasteiger partial charge >= 0.3 is 6.18 Å². The highest BCUT2D eigenvalue weighted by atomic mass is 35.5. The van der Waals surface area contributed by atoms with Gasteiger partial charge < -0.3 is 10.6 Å². The first-order valence-corrected chi connectivity index (χ1v) is 10.4. The Balaban J connectivity index is 3.33. The summed E-state index contributed by atoms with van der Waals surface area (Å²) in [6.45, 7) is 5.53. The van der Waals surface area contributed by atoms with Gasteiger partial charge in [0.25, 0.3) is 0 Å². The number of hydrogen-bond acceptors (Lipinski definition) is 4. The molecule has 0 aromatic carbocycles. The van der Waals surface area contributed by atoms with E-state index < -0.39 is 17.8 Å². The molecule has 10 heteroatoms. The van der Waals surface area contributed by atoms with Gasteiger partial charge in [-0.05, 0) is 25.1 Å². The number of carbonyl (C=O) groups is 2. The second kappa shape index (κ2) is 13.4. The number of likely N-dealkylation sites (N-methyl/N-ethyl adjacent to an activating group) is 1. The average Bonchev–Trinajstić information content (AvgIpc) is 2.76. The zero-order valence-electron chi connectivity index (χ0n) is 18.7. The van der Waals surface area contributed by atoms with Gasteiger partial charge in [0.05, 0.1) is 11.4 Å². The molecule has 0 radical (unpaired) electrons. The number of nitrogens with zero attached hydrogens (tertiary/aromatic N) is 2. The molecule has 0 aliphatic carbocycles. The highest BCUT2D eigenvalue weighted by Gasteiger charge is 2.32. The lowest BCUT2D eigenvalue weighted by Crippen LogP contribution is -2.27. The number of carbonyl (C=O) groups excluding carboxylic acids is 2. The molecule has 178 valence electrons. The van der Waals surface area contributed by atoms with Crippen LogP contribution in [0.4, 0.5) is 13.2 Å². The first-order valence-electron chi connectivity index (χ1n) is 9.98. The summed E-state index contributed by atoms with van der Waals surface area (Å²) in [6, 6.07) is 3.32. The zero-order valence-corrected chi connectivity index (χ0v) is 19.5. The number of halogens is 4. The highest BCUT2D eigenvalue weighted by molar-refractivity contribution is 6.33. The predicted octanol–water partition coefficient (Wildman–Crippen LogP) is 4.66. The third kappa shape index (κ3) is 9.86. The number of hydrogen-bond donors (Lipinski definition) is 2. The summed E-state index contributed by atoms with van der Waals surface area (Å²) in [4.78, 5) is 31.3. The van der Waals surface area contributed by atoms with Gasteiger partial charge in [0.2, 0.25) is 11.8 Å². The highest BCUT2D eigenvalue weighted by Crippen LogP contribution is 2.28. The van der Waals surface area contributed by atoms with Crippen molar-refractivity contribution in [2.45, 2.75) is 26.9 Å². The number of aliphatic imine (C=N–C) groups is 1. The van der Waals surface area contributed by atoms with Crippen LogP contribution in [0.2, 0.25) is 0 Å². The van der Waals surface area contributed by atoms with Gasteiger partial charge in [-0.1, -0.05) is 49.7 Å². The Morgan fingerprint density at radius 3 is 2.52 bits per heavy atom. The van der Waals surface area contributed by atoms with E-state index in [-0.39, 0.29) is 29.8 Å². The molecule has 0 unspecified atom stereocenters. The van der Waals surface area contributed by atoms with Crippen molar-refractivity contribution in [2.24, 2.45) is 10.9 Å². The summed E-state index contributed by atoms with van der Waals surface area (Å²) in [7, 11) is 1.38. The molecule has 1 aromatic rings. The second-order valence-corrected chi connectivity index (χ2v) is 7.32. The van der Waals surface area contributed by atoms with E-state index in [1.165, 1.54) is 25.4 Å². The fourth-order valence-corrected chi connectivity index (χ4v) is 2.46. The number of amides is 2. The van der Waals surface area contributed by atoms with Crippen LogP contribution < -0.4 is 10.6 Å². The molecule has 1 rings (SSSR count). The van der Waals surface area contributed by atoms with E-state index >= 15 is 0 Å². The van der Waals surface area contributed by atoms with E-state index in [4.69, 9.17) is 11.6 Å². The predicted molar refractivity (Wildman–Crippen MR) is 124 cm³/mol. The summed E-state index contributed by atoms with van der Waals surface area (Å²) >= 11 is 6.29. The molecule has 2 amide bonds. The van der Waals surface area contributed by atoms with Gasteiger partial charge in [-0.3, -0.25) is 14.6 Å². The van der Waals surface area contributed by atoms with Gasteiger partial charge in [0.15, 0.2) is 0 Å². The topological polar surface area (TPSA) is 83.4 Å². The number of aromatic nitrogens is 1. The van der Waals surface area contributed by atoms with Crippen LogP contribution in [-0.4, -0.2) is 36.6 Å². The smallest absolute Gasteiger partial charge is 0.356 e. The summed E-state index contributed by atoms with van der Waals surface area (Å²) < 4.78 is 39.2. The van der Waals surface area contributed by atoms with Crippen molar-refractivity contribution < 1.29 is 22.8 Å². The molecule has 1 aromatic heterocycles. The van der Waals surface area contributed by atoms with Crippen molar-refractivity contribution in [3.05, 3.63) is 70.6 Å². The van der Waals surface area contributed by atoms with E-state index in [1.54, 1.807) is 45.1 Å². The quantitative estimate of drug-likeness (QED) is 0.305. The Labute approximate surface area is 196 Å². The van der Waals surface area contributed by atoms with Crippen molar-refractivity contribution in [2.75, 3.05) is 13.6 Å². The molecule has 0 fully saturated rings. The van der Waals surface area contributed by atoms with Crippen LogP contribution in [0.1, 0.15) is 32.2 Å². The van der Waals surface area contributed by atoms with Crippen LogP contribution in [0.25, 0.3) is 5.70 Å². The standard InChI is InChI=1S/C23H26ClF3N4O2/c1-5-8-17(24)16(9-7-12-29-22(33)15(2)3)14-30-19(13-21(32)28-4)18-10-6-11-20(31-18)23(25,26)27/h5-11,13-15H,12H2,1-4H3,(H,28,32)(H,29,33)/b8-5-,9-7+,17-16-,19-13-,30-14-. The molecule has 0 aliphatic rings. The molecule has 2 N–H and O–H groups in total. The molecular weight excluding hydrogens is 457 g/mol. The van der Waals surface area contributed by atoms with Crippen molar-refractivity contribution in [3.8, 4) is 0 Å². The zero-order chi connectivity index (χ0) is 25.0. The second-order valence-electron chi connectivity index (χ2n) is 6.91. The van der Waals surface area contributed by atoms with E-state index in [1.807, 2.05) is 0 Å². The third-order valence-corrected chi connectivity index (χ3v) is 4.31. The minimum Gasteiger partial charge on any atom is -0.356 e. The molecule has 0 aliphatic heterocycles. The van der Waals surface area contributed by atoms with Crippen LogP contribution in [0.15, 0.2) is 64.2 Å². The maximum Gasteiger partial charge on any atom is 0.433 e. The van der Waals surface area contributed by atoms with Crippen LogP contribution >= 0.6 is 11.6 Å². The number of alkyl halides is 3. The molecule has 0 atom stereocenters. The lowest BCUT2D eigenvalue weighted by molar-refractivity contribution is -0.141. The minimum atomic E-state index is -4.65. The van der Waals surface area contributed by atoms with Gasteiger partial charge in [-0.2, -0.15) is 13.2 Å². The van der Waals surface area contributed by atoms with Crippen molar-refractivity contribution in [3.63, 3.8) is 0 Å². The molecule has 0 saturated carbocycles. The summed E-state index contributed by atoms with van der Waals surface area (Å²) in [5, 5.41) is 5.37. The van der Waals surface area contributed by atoms with E-state index in [0.717, 1.165) is 12.1 Å². The fraction of sp³-hybridized carbons (Fsp3) is 0.304. The van der Waals surface area contributed by atoms with Crippen molar-refractivity contribution in [1.29, 1.82) is 0 Å². The SMILES string of the molecule is C\C=C/C(Cl)=C(/C=N\C(=C/C(=O)NC)c1cccc(C(F)(F)F)n1)\C=C\CNC(=O)C(C)C. The molecule has 6 nitrogen and oxygen atoms in total. The average molecular weight is 483 g/mol. The Hall–Kier alpha value is -3.20. The molecule has 1 heterocycles. The minimum absolute atomic E-state index is 0.0931. The van der Waals surface area contributed by atoms with Crippen LogP contribution in [0.5, 0.6) is 0 Å². The molecule has 0 spiro atoms. The Kier molecular flexibility index (Phi) is 11.3. The Bertz CT molecular complexity index is 994. The monoisotopic (exact) mass is 482 g/mol. The maximum absolute atomic E-state index is 13.1. The van der Waals surface area contributed by atoms with Crippen LogP contribution in [0.3, 0.4) is 0 Å².